The van der Waals surface area contributed by atoms with E-state index in [-0.39, 0.29) is 0 Å². The highest BCUT2D eigenvalue weighted by molar-refractivity contribution is 7.98. The fourth-order valence-corrected chi connectivity index (χ4v) is 1.76. The van der Waals surface area contributed by atoms with Crippen LogP contribution in [0, 0.1) is 0 Å². The summed E-state index contributed by atoms with van der Waals surface area (Å²) in [5.41, 5.74) is 0. The Balaban J connectivity index is 1.96. The first-order valence-electron chi connectivity index (χ1n) is 4.31. The number of nitrogens with zero attached hydrogens (tertiary/aromatic N) is 2. The number of aromatic nitrogens is 2. The van der Waals surface area contributed by atoms with E-state index in [0.717, 1.165) is 10.8 Å². The Hall–Kier alpha value is -1.62. The summed E-state index contributed by atoms with van der Waals surface area (Å²) < 4.78 is 5.22. The normalized spacial score (nSPS) is 10.1. The molecule has 0 fully saturated rings. The minimum atomic E-state index is 0.352. The van der Waals surface area contributed by atoms with Crippen molar-refractivity contribution in [2.45, 2.75) is 10.8 Å². The fraction of sp³-hybridized carbons (Fsp3) is 0.100. The van der Waals surface area contributed by atoms with Gasteiger partial charge in [-0.05, 0) is 12.1 Å². The van der Waals surface area contributed by atoms with Crippen LogP contribution in [0.25, 0.3) is 0 Å². The summed E-state index contributed by atoms with van der Waals surface area (Å²) in [6.07, 6.45) is 5.65. The Morgan fingerprint density at radius 3 is 3.00 bits per heavy atom. The van der Waals surface area contributed by atoms with Crippen molar-refractivity contribution >= 4 is 18.0 Å². The molecule has 4 nitrogen and oxygen atoms in total. The van der Waals surface area contributed by atoms with E-state index in [4.69, 9.17) is 4.42 Å². The summed E-state index contributed by atoms with van der Waals surface area (Å²) >= 11 is 1.51. The van der Waals surface area contributed by atoms with Crippen molar-refractivity contribution in [1.29, 1.82) is 0 Å². The molecule has 0 aliphatic carbocycles. The number of aldehydes is 1. The zero-order chi connectivity index (χ0) is 10.5. The molecular formula is C10H8N2O2S. The molecule has 0 atom stereocenters. The van der Waals surface area contributed by atoms with Crippen LogP contribution in [-0.4, -0.2) is 16.3 Å². The van der Waals surface area contributed by atoms with E-state index in [2.05, 4.69) is 9.97 Å². The zero-order valence-electron chi connectivity index (χ0n) is 7.79. The van der Waals surface area contributed by atoms with Gasteiger partial charge < -0.3 is 4.42 Å². The Morgan fingerprint density at radius 1 is 1.40 bits per heavy atom. The number of hydrogen-bond acceptors (Lipinski definition) is 5. The summed E-state index contributed by atoms with van der Waals surface area (Å²) in [5, 5.41) is 0.835. The topological polar surface area (TPSA) is 56.0 Å². The summed E-state index contributed by atoms with van der Waals surface area (Å²) in [6, 6.07) is 3.44. The molecule has 0 spiro atoms. The predicted octanol–water partition coefficient (Wildman–Crippen LogP) is 2.17. The van der Waals surface area contributed by atoms with Crippen molar-refractivity contribution in [1.82, 2.24) is 9.97 Å². The third-order valence-electron chi connectivity index (χ3n) is 1.70. The molecule has 0 unspecified atom stereocenters. The van der Waals surface area contributed by atoms with Gasteiger partial charge in [0.15, 0.2) is 12.0 Å². The summed E-state index contributed by atoms with van der Waals surface area (Å²) in [4.78, 5) is 18.4. The standard InChI is InChI=1S/C10H8N2O2S/c13-6-8-1-2-9(14-8)7-15-10-5-11-3-4-12-10/h1-6H,7H2. The molecule has 15 heavy (non-hydrogen) atoms. The van der Waals surface area contributed by atoms with Gasteiger partial charge in [0.1, 0.15) is 10.8 Å². The van der Waals surface area contributed by atoms with E-state index >= 15 is 0 Å². The minimum absolute atomic E-state index is 0.352. The number of furan rings is 1. The second-order valence-electron chi connectivity index (χ2n) is 2.75. The molecule has 0 amide bonds. The molecule has 0 radical (unpaired) electrons. The summed E-state index contributed by atoms with van der Waals surface area (Å²) in [7, 11) is 0. The van der Waals surface area contributed by atoms with Crippen LogP contribution < -0.4 is 0 Å². The first kappa shape index (κ1) is 9.92. The first-order chi connectivity index (χ1) is 7.38. The van der Waals surface area contributed by atoms with Gasteiger partial charge in [0.2, 0.25) is 0 Å². The average Bonchev–Trinajstić information content (AvgIpc) is 2.76. The SMILES string of the molecule is O=Cc1ccc(CSc2cnccn2)o1. The lowest BCUT2D eigenvalue weighted by Gasteiger charge is -1.96. The lowest BCUT2D eigenvalue weighted by Crippen LogP contribution is -1.81. The van der Waals surface area contributed by atoms with Crippen molar-refractivity contribution < 1.29 is 9.21 Å². The van der Waals surface area contributed by atoms with Crippen LogP contribution >= 0.6 is 11.8 Å². The van der Waals surface area contributed by atoms with Gasteiger partial charge in [0.05, 0.1) is 11.9 Å². The molecule has 76 valence electrons. The van der Waals surface area contributed by atoms with Gasteiger partial charge in [0, 0.05) is 12.4 Å². The molecule has 0 N–H and O–H groups in total. The van der Waals surface area contributed by atoms with Crippen molar-refractivity contribution in [3.8, 4) is 0 Å². The predicted molar refractivity (Wildman–Crippen MR) is 55.7 cm³/mol. The Bertz CT molecular complexity index is 442. The number of rotatable bonds is 4. The monoisotopic (exact) mass is 220 g/mol. The lowest BCUT2D eigenvalue weighted by atomic mass is 10.4. The van der Waals surface area contributed by atoms with Crippen molar-refractivity contribution in [3.05, 3.63) is 42.2 Å². The molecule has 2 aromatic rings. The van der Waals surface area contributed by atoms with Crippen LogP contribution in [0.3, 0.4) is 0 Å². The molecule has 0 bridgehead atoms. The van der Waals surface area contributed by atoms with Crippen LogP contribution in [0.5, 0.6) is 0 Å². The van der Waals surface area contributed by atoms with E-state index in [1.807, 2.05) is 0 Å². The average molecular weight is 220 g/mol. The molecule has 0 saturated carbocycles. The molecule has 0 aliphatic heterocycles. The lowest BCUT2D eigenvalue weighted by molar-refractivity contribution is 0.109. The van der Waals surface area contributed by atoms with Crippen LogP contribution in [0.15, 0.2) is 40.2 Å². The van der Waals surface area contributed by atoms with E-state index < -0.39 is 0 Å². The minimum Gasteiger partial charge on any atom is -0.457 e. The van der Waals surface area contributed by atoms with Gasteiger partial charge in [0.25, 0.3) is 0 Å². The molecular weight excluding hydrogens is 212 g/mol. The maximum atomic E-state index is 10.4. The zero-order valence-corrected chi connectivity index (χ0v) is 8.61. The second-order valence-corrected chi connectivity index (χ2v) is 3.75. The number of carbonyl (C=O) groups excluding carboxylic acids is 1. The van der Waals surface area contributed by atoms with Gasteiger partial charge in [-0.3, -0.25) is 9.78 Å². The molecule has 5 heteroatoms. The number of hydrogen-bond donors (Lipinski definition) is 0. The van der Waals surface area contributed by atoms with E-state index in [0.29, 0.717) is 17.8 Å². The van der Waals surface area contributed by atoms with Crippen molar-refractivity contribution in [2.75, 3.05) is 0 Å². The second kappa shape index (κ2) is 4.75. The Morgan fingerprint density at radius 2 is 2.33 bits per heavy atom. The summed E-state index contributed by atoms with van der Waals surface area (Å²) in [6.45, 7) is 0. The van der Waals surface area contributed by atoms with Gasteiger partial charge in [-0.2, -0.15) is 0 Å². The van der Waals surface area contributed by atoms with Crippen LogP contribution in [0.1, 0.15) is 16.3 Å². The third-order valence-corrected chi connectivity index (χ3v) is 2.64. The van der Waals surface area contributed by atoms with Crippen molar-refractivity contribution in [2.24, 2.45) is 0 Å². The molecule has 0 aromatic carbocycles. The number of carbonyl (C=O) groups is 1. The smallest absolute Gasteiger partial charge is 0.185 e. The van der Waals surface area contributed by atoms with Crippen LogP contribution in [0.4, 0.5) is 0 Å². The highest BCUT2D eigenvalue weighted by Gasteiger charge is 2.02. The van der Waals surface area contributed by atoms with Crippen LogP contribution in [-0.2, 0) is 5.75 Å². The van der Waals surface area contributed by atoms with Crippen LogP contribution in [0.2, 0.25) is 0 Å². The molecule has 2 rings (SSSR count). The highest BCUT2D eigenvalue weighted by Crippen LogP contribution is 2.20. The largest absolute Gasteiger partial charge is 0.457 e. The van der Waals surface area contributed by atoms with Gasteiger partial charge >= 0.3 is 0 Å². The van der Waals surface area contributed by atoms with Crippen molar-refractivity contribution in [3.63, 3.8) is 0 Å². The van der Waals surface area contributed by atoms with Gasteiger partial charge in [-0.15, -0.1) is 0 Å². The van der Waals surface area contributed by atoms with E-state index in [9.17, 15) is 4.79 Å². The van der Waals surface area contributed by atoms with E-state index in [1.54, 1.807) is 30.7 Å². The maximum Gasteiger partial charge on any atom is 0.185 e. The molecule has 2 heterocycles. The molecule has 2 aromatic heterocycles. The summed E-state index contributed by atoms with van der Waals surface area (Å²) in [5.74, 6) is 1.75. The van der Waals surface area contributed by atoms with Gasteiger partial charge in [-0.25, -0.2) is 4.98 Å². The highest BCUT2D eigenvalue weighted by atomic mass is 32.2. The van der Waals surface area contributed by atoms with E-state index in [1.165, 1.54) is 11.8 Å². The maximum absolute atomic E-state index is 10.4. The molecule has 0 aliphatic rings. The fourth-order valence-electron chi connectivity index (χ4n) is 1.04. The Kier molecular flexibility index (Phi) is 3.14. The number of thioether (sulfide) groups is 1. The first-order valence-corrected chi connectivity index (χ1v) is 5.30. The van der Waals surface area contributed by atoms with Gasteiger partial charge in [-0.1, -0.05) is 11.8 Å². The third kappa shape index (κ3) is 2.66. The molecule has 0 saturated heterocycles. The quantitative estimate of drug-likeness (QED) is 0.584. The Labute approximate surface area is 90.7 Å².